The molecular weight excluding hydrogens is 385 g/mol. The third-order valence-corrected chi connectivity index (χ3v) is 5.56. The zero-order valence-electron chi connectivity index (χ0n) is 14.0. The van der Waals surface area contributed by atoms with Crippen molar-refractivity contribution in [3.05, 3.63) is 58.9 Å². The standard InChI is InChI=1S/C20H22FNO2.BrH/c21-14-4-1-3-13(11-14)12-22-10-2-5-16-15-7-9-19(23)20(24)17(15)6-8-18(16)22;/h1,3-4,7,9,11,16,18,23-24H,2,5-6,8,10,12H2;1H/t16-,18-;/m0./s1. The number of likely N-dealkylation sites (tertiary alicyclic amines) is 1. The van der Waals surface area contributed by atoms with Gasteiger partial charge in [-0.1, -0.05) is 18.2 Å². The molecule has 0 saturated carbocycles. The molecule has 1 saturated heterocycles. The summed E-state index contributed by atoms with van der Waals surface area (Å²) in [6.07, 6.45) is 3.93. The van der Waals surface area contributed by atoms with Gasteiger partial charge in [-0.25, -0.2) is 4.39 Å². The van der Waals surface area contributed by atoms with Crippen LogP contribution in [0.2, 0.25) is 0 Å². The summed E-state index contributed by atoms with van der Waals surface area (Å²) in [5, 5.41) is 19.9. The summed E-state index contributed by atoms with van der Waals surface area (Å²) in [6, 6.07) is 10.8. The molecule has 1 fully saturated rings. The maximum Gasteiger partial charge on any atom is 0.160 e. The van der Waals surface area contributed by atoms with E-state index in [0.29, 0.717) is 12.0 Å². The number of aromatic hydroxyl groups is 2. The third kappa shape index (κ3) is 3.40. The van der Waals surface area contributed by atoms with Gasteiger partial charge in [-0.15, -0.1) is 17.0 Å². The normalized spacial score (nSPS) is 22.6. The minimum atomic E-state index is -0.185. The molecular formula is C20H23BrFNO2. The van der Waals surface area contributed by atoms with Gasteiger partial charge in [-0.2, -0.15) is 0 Å². The van der Waals surface area contributed by atoms with Crippen molar-refractivity contribution in [3.8, 4) is 11.5 Å². The first-order chi connectivity index (χ1) is 11.6. The zero-order valence-corrected chi connectivity index (χ0v) is 15.7. The molecule has 0 amide bonds. The molecule has 0 spiro atoms. The fourth-order valence-electron chi connectivity index (χ4n) is 4.48. The first-order valence-electron chi connectivity index (χ1n) is 8.65. The summed E-state index contributed by atoms with van der Waals surface area (Å²) >= 11 is 0. The van der Waals surface area contributed by atoms with E-state index < -0.39 is 0 Å². The van der Waals surface area contributed by atoms with E-state index in [-0.39, 0.29) is 34.3 Å². The van der Waals surface area contributed by atoms with Crippen molar-refractivity contribution in [2.24, 2.45) is 0 Å². The average molecular weight is 408 g/mol. The van der Waals surface area contributed by atoms with Crippen LogP contribution in [0.5, 0.6) is 11.5 Å². The lowest BCUT2D eigenvalue weighted by molar-refractivity contribution is 0.104. The second-order valence-corrected chi connectivity index (χ2v) is 6.96. The summed E-state index contributed by atoms with van der Waals surface area (Å²) in [5.74, 6) is 0.214. The summed E-state index contributed by atoms with van der Waals surface area (Å²) in [4.78, 5) is 2.45. The van der Waals surface area contributed by atoms with Gasteiger partial charge in [0.05, 0.1) is 0 Å². The molecule has 4 rings (SSSR count). The van der Waals surface area contributed by atoms with Gasteiger partial charge in [0, 0.05) is 18.2 Å². The van der Waals surface area contributed by atoms with Crippen molar-refractivity contribution in [2.75, 3.05) is 6.54 Å². The minimum Gasteiger partial charge on any atom is -0.504 e. The molecule has 2 atom stereocenters. The number of phenols is 2. The lowest BCUT2D eigenvalue weighted by Crippen LogP contribution is -2.45. The topological polar surface area (TPSA) is 43.7 Å². The Balaban J connectivity index is 0.00000182. The van der Waals surface area contributed by atoms with Crippen LogP contribution in [-0.4, -0.2) is 27.7 Å². The van der Waals surface area contributed by atoms with Gasteiger partial charge < -0.3 is 10.2 Å². The van der Waals surface area contributed by atoms with Crippen molar-refractivity contribution in [1.82, 2.24) is 4.90 Å². The van der Waals surface area contributed by atoms with Crippen LogP contribution in [0.1, 0.15) is 41.9 Å². The monoisotopic (exact) mass is 407 g/mol. The van der Waals surface area contributed by atoms with Gasteiger partial charge in [-0.3, -0.25) is 4.90 Å². The number of benzene rings is 2. The highest BCUT2D eigenvalue weighted by atomic mass is 79.9. The maximum atomic E-state index is 13.5. The number of halogens is 2. The average Bonchev–Trinajstić information content (AvgIpc) is 2.58. The number of fused-ring (bicyclic) bond motifs is 3. The summed E-state index contributed by atoms with van der Waals surface area (Å²) in [5.41, 5.74) is 3.09. The van der Waals surface area contributed by atoms with Gasteiger partial charge >= 0.3 is 0 Å². The number of nitrogens with zero attached hydrogens (tertiary/aromatic N) is 1. The van der Waals surface area contributed by atoms with E-state index in [1.807, 2.05) is 12.1 Å². The molecule has 2 aliphatic rings. The van der Waals surface area contributed by atoms with Crippen LogP contribution < -0.4 is 0 Å². The highest BCUT2D eigenvalue weighted by molar-refractivity contribution is 8.93. The summed E-state index contributed by atoms with van der Waals surface area (Å²) in [6.45, 7) is 1.79. The highest BCUT2D eigenvalue weighted by Gasteiger charge is 2.37. The Morgan fingerprint density at radius 3 is 2.76 bits per heavy atom. The van der Waals surface area contributed by atoms with Crippen molar-refractivity contribution in [1.29, 1.82) is 0 Å². The first-order valence-corrected chi connectivity index (χ1v) is 8.65. The third-order valence-electron chi connectivity index (χ3n) is 5.56. The highest BCUT2D eigenvalue weighted by Crippen LogP contribution is 2.45. The van der Waals surface area contributed by atoms with E-state index in [1.165, 1.54) is 11.6 Å². The van der Waals surface area contributed by atoms with E-state index in [0.717, 1.165) is 49.9 Å². The fourth-order valence-corrected chi connectivity index (χ4v) is 4.48. The predicted molar refractivity (Wildman–Crippen MR) is 101 cm³/mol. The molecule has 1 aliphatic carbocycles. The maximum absolute atomic E-state index is 13.5. The van der Waals surface area contributed by atoms with Gasteiger partial charge in [0.2, 0.25) is 0 Å². The fraction of sp³-hybridized carbons (Fsp3) is 0.400. The molecule has 1 heterocycles. The van der Waals surface area contributed by atoms with Crippen molar-refractivity contribution < 1.29 is 14.6 Å². The lowest BCUT2D eigenvalue weighted by Gasteiger charge is -2.45. The Morgan fingerprint density at radius 2 is 1.96 bits per heavy atom. The molecule has 5 heteroatoms. The number of hydrogen-bond donors (Lipinski definition) is 2. The van der Waals surface area contributed by atoms with Crippen molar-refractivity contribution in [3.63, 3.8) is 0 Å². The minimum absolute atomic E-state index is 0. The SMILES string of the molecule is Br.Oc1ccc2c(c1O)CC[C@H]1[C@H]2CCCN1Cc1cccc(F)c1. The van der Waals surface area contributed by atoms with Crippen LogP contribution in [0.15, 0.2) is 36.4 Å². The number of piperidine rings is 1. The molecule has 25 heavy (non-hydrogen) atoms. The van der Waals surface area contributed by atoms with Gasteiger partial charge in [0.1, 0.15) is 5.82 Å². The van der Waals surface area contributed by atoms with Crippen LogP contribution in [0, 0.1) is 5.82 Å². The molecule has 1 aliphatic heterocycles. The molecule has 2 N–H and O–H groups in total. The van der Waals surface area contributed by atoms with Crippen LogP contribution >= 0.6 is 17.0 Å². The molecule has 2 aromatic rings. The first kappa shape index (κ1) is 18.2. The van der Waals surface area contributed by atoms with E-state index in [4.69, 9.17) is 0 Å². The number of rotatable bonds is 2. The molecule has 134 valence electrons. The number of phenolic OH excluding ortho intramolecular Hbond substituents is 2. The van der Waals surface area contributed by atoms with Crippen LogP contribution in [0.25, 0.3) is 0 Å². The number of hydrogen-bond acceptors (Lipinski definition) is 3. The van der Waals surface area contributed by atoms with Crippen LogP contribution in [0.4, 0.5) is 4.39 Å². The Morgan fingerprint density at radius 1 is 1.12 bits per heavy atom. The van der Waals surface area contributed by atoms with Gasteiger partial charge in [0.25, 0.3) is 0 Å². The van der Waals surface area contributed by atoms with Crippen LogP contribution in [0.3, 0.4) is 0 Å². The van der Waals surface area contributed by atoms with E-state index in [9.17, 15) is 14.6 Å². The largest absolute Gasteiger partial charge is 0.504 e. The quantitative estimate of drug-likeness (QED) is 0.719. The van der Waals surface area contributed by atoms with Gasteiger partial charge in [0.15, 0.2) is 11.5 Å². The molecule has 0 unspecified atom stereocenters. The molecule has 0 aromatic heterocycles. The van der Waals surface area contributed by atoms with Crippen LogP contribution in [-0.2, 0) is 13.0 Å². The lowest BCUT2D eigenvalue weighted by atomic mass is 9.74. The Hall–Kier alpha value is -1.59. The second-order valence-electron chi connectivity index (χ2n) is 6.96. The molecule has 3 nitrogen and oxygen atoms in total. The van der Waals surface area contributed by atoms with E-state index in [2.05, 4.69) is 4.90 Å². The zero-order chi connectivity index (χ0) is 16.7. The van der Waals surface area contributed by atoms with E-state index >= 15 is 0 Å². The Kier molecular flexibility index (Phi) is 5.35. The summed E-state index contributed by atoms with van der Waals surface area (Å²) in [7, 11) is 0. The van der Waals surface area contributed by atoms with E-state index in [1.54, 1.807) is 18.2 Å². The molecule has 0 radical (unpaired) electrons. The molecule has 0 bridgehead atoms. The smallest absolute Gasteiger partial charge is 0.160 e. The van der Waals surface area contributed by atoms with Crippen molar-refractivity contribution in [2.45, 2.75) is 44.2 Å². The van der Waals surface area contributed by atoms with Crippen molar-refractivity contribution >= 4 is 17.0 Å². The second kappa shape index (κ2) is 7.34. The summed E-state index contributed by atoms with van der Waals surface area (Å²) < 4.78 is 13.5. The Bertz CT molecular complexity index is 767. The molecule has 2 aromatic carbocycles. The predicted octanol–water partition coefficient (Wildman–Crippen LogP) is 4.51. The van der Waals surface area contributed by atoms with Gasteiger partial charge in [-0.05, 0) is 67.5 Å². The Labute approximate surface area is 157 Å².